The monoisotopic (exact) mass is 278 g/mol. The minimum Gasteiger partial charge on any atom is -0.316 e. The largest absolute Gasteiger partial charge is 0.316 e. The summed E-state index contributed by atoms with van der Waals surface area (Å²) in [6.07, 6.45) is -2.68. The fraction of sp³-hybridized carbons (Fsp3) is 0.455. The van der Waals surface area contributed by atoms with E-state index < -0.39 is 23.0 Å². The van der Waals surface area contributed by atoms with Gasteiger partial charge in [0.15, 0.2) is 0 Å². The number of alkyl halides is 2. The molecule has 0 unspecified atom stereocenters. The molecule has 0 aliphatic carbocycles. The lowest BCUT2D eigenvalue weighted by atomic mass is 10.1. The van der Waals surface area contributed by atoms with Gasteiger partial charge in [-0.3, -0.25) is 0 Å². The molecule has 0 spiro atoms. The maximum absolute atomic E-state index is 11.9. The van der Waals surface area contributed by atoms with Gasteiger partial charge in [0.05, 0.1) is 12.3 Å². The van der Waals surface area contributed by atoms with Crippen LogP contribution in [0.4, 0.5) is 8.78 Å². The van der Waals surface area contributed by atoms with Crippen LogP contribution in [0, 0.1) is 0 Å². The van der Waals surface area contributed by atoms with Gasteiger partial charge in [-0.1, -0.05) is 24.3 Å². The molecule has 0 fully saturated rings. The van der Waals surface area contributed by atoms with Gasteiger partial charge in [-0.25, -0.2) is 21.9 Å². The first kappa shape index (κ1) is 15.0. The van der Waals surface area contributed by atoms with Gasteiger partial charge in [0.1, 0.15) is 0 Å². The van der Waals surface area contributed by atoms with Crippen molar-refractivity contribution in [1.29, 1.82) is 0 Å². The van der Waals surface area contributed by atoms with Crippen LogP contribution >= 0.6 is 0 Å². The molecule has 7 heteroatoms. The average molecular weight is 278 g/mol. The van der Waals surface area contributed by atoms with Gasteiger partial charge in [-0.05, 0) is 18.2 Å². The van der Waals surface area contributed by atoms with E-state index in [0.717, 1.165) is 5.56 Å². The van der Waals surface area contributed by atoms with Crippen molar-refractivity contribution in [3.63, 3.8) is 0 Å². The molecule has 18 heavy (non-hydrogen) atoms. The predicted octanol–water partition coefficient (Wildman–Crippen LogP) is 1.09. The quantitative estimate of drug-likeness (QED) is 0.785. The van der Waals surface area contributed by atoms with Crippen molar-refractivity contribution in [2.75, 3.05) is 13.6 Å². The van der Waals surface area contributed by atoms with Crippen molar-refractivity contribution >= 4 is 10.0 Å². The van der Waals surface area contributed by atoms with Crippen LogP contribution in [0.1, 0.15) is 11.1 Å². The molecule has 2 N–H and O–H groups in total. The minimum absolute atomic E-state index is 0.292. The molecule has 0 heterocycles. The lowest BCUT2D eigenvalue weighted by Crippen LogP contribution is -2.29. The highest BCUT2D eigenvalue weighted by molar-refractivity contribution is 7.88. The van der Waals surface area contributed by atoms with Crippen LogP contribution in [0.3, 0.4) is 0 Å². The van der Waals surface area contributed by atoms with Gasteiger partial charge >= 0.3 is 0 Å². The number of sulfonamides is 1. The lowest BCUT2D eigenvalue weighted by molar-refractivity contribution is 0.153. The normalized spacial score (nSPS) is 12.0. The molecule has 0 aliphatic heterocycles. The topological polar surface area (TPSA) is 58.2 Å². The summed E-state index contributed by atoms with van der Waals surface area (Å²) in [6, 6.07) is 6.95. The molecule has 0 aromatic heterocycles. The predicted molar refractivity (Wildman–Crippen MR) is 65.8 cm³/mol. The molecule has 1 rings (SSSR count). The average Bonchev–Trinajstić information content (AvgIpc) is 2.29. The molecule has 0 saturated heterocycles. The van der Waals surface area contributed by atoms with Crippen LogP contribution in [0.2, 0.25) is 0 Å². The van der Waals surface area contributed by atoms with Crippen LogP contribution in [-0.2, 0) is 22.3 Å². The van der Waals surface area contributed by atoms with Gasteiger partial charge in [0.2, 0.25) is 10.0 Å². The SMILES string of the molecule is CNCc1ccc(CS(=O)(=O)NCC(F)F)cc1. The van der Waals surface area contributed by atoms with Crippen molar-refractivity contribution in [2.45, 2.75) is 18.7 Å². The Bertz CT molecular complexity index is 460. The molecule has 102 valence electrons. The van der Waals surface area contributed by atoms with Crippen molar-refractivity contribution in [3.05, 3.63) is 35.4 Å². The van der Waals surface area contributed by atoms with Gasteiger partial charge in [-0.2, -0.15) is 0 Å². The van der Waals surface area contributed by atoms with Crippen molar-refractivity contribution < 1.29 is 17.2 Å². The summed E-state index contributed by atoms with van der Waals surface area (Å²) in [5, 5.41) is 2.97. The first-order chi connectivity index (χ1) is 8.43. The number of hydrogen-bond acceptors (Lipinski definition) is 3. The highest BCUT2D eigenvalue weighted by Gasteiger charge is 2.13. The second-order valence-corrected chi connectivity index (χ2v) is 5.65. The highest BCUT2D eigenvalue weighted by Crippen LogP contribution is 2.08. The van der Waals surface area contributed by atoms with E-state index in [1.165, 1.54) is 0 Å². The Morgan fingerprint density at radius 3 is 2.22 bits per heavy atom. The number of nitrogens with one attached hydrogen (secondary N) is 2. The van der Waals surface area contributed by atoms with Crippen LogP contribution in [0.5, 0.6) is 0 Å². The van der Waals surface area contributed by atoms with E-state index in [-0.39, 0.29) is 5.75 Å². The van der Waals surface area contributed by atoms with Gasteiger partial charge in [0.25, 0.3) is 6.43 Å². The molecule has 0 atom stereocenters. The summed E-state index contributed by atoms with van der Waals surface area (Å²) in [7, 11) is -1.89. The lowest BCUT2D eigenvalue weighted by Gasteiger charge is -2.07. The molecule has 0 bridgehead atoms. The van der Waals surface area contributed by atoms with Gasteiger partial charge < -0.3 is 5.32 Å². The molecule has 0 radical (unpaired) electrons. The third kappa shape index (κ3) is 5.52. The van der Waals surface area contributed by atoms with E-state index in [4.69, 9.17) is 0 Å². The van der Waals surface area contributed by atoms with Crippen LogP contribution < -0.4 is 10.0 Å². The molecule has 0 amide bonds. The zero-order chi connectivity index (χ0) is 13.6. The van der Waals surface area contributed by atoms with Crippen molar-refractivity contribution in [1.82, 2.24) is 10.0 Å². The fourth-order valence-electron chi connectivity index (χ4n) is 1.42. The molecule has 4 nitrogen and oxygen atoms in total. The smallest absolute Gasteiger partial charge is 0.251 e. The fourth-order valence-corrected chi connectivity index (χ4v) is 2.53. The van der Waals surface area contributed by atoms with E-state index in [1.807, 2.05) is 11.8 Å². The Labute approximate surface area is 105 Å². The van der Waals surface area contributed by atoms with Gasteiger partial charge in [-0.15, -0.1) is 0 Å². The van der Waals surface area contributed by atoms with E-state index in [1.54, 1.807) is 24.3 Å². The summed E-state index contributed by atoms with van der Waals surface area (Å²) in [5.41, 5.74) is 1.59. The van der Waals surface area contributed by atoms with E-state index >= 15 is 0 Å². The third-order valence-electron chi connectivity index (χ3n) is 2.22. The Morgan fingerprint density at radius 2 is 1.72 bits per heavy atom. The summed E-state index contributed by atoms with van der Waals surface area (Å²) in [6.45, 7) is -0.156. The Kier molecular flexibility index (Phi) is 5.64. The number of benzene rings is 1. The first-order valence-corrected chi connectivity index (χ1v) is 7.06. The number of rotatable bonds is 7. The van der Waals surface area contributed by atoms with Crippen LogP contribution in [0.25, 0.3) is 0 Å². The summed E-state index contributed by atoms with van der Waals surface area (Å²) < 4.78 is 48.6. The zero-order valence-corrected chi connectivity index (χ0v) is 10.8. The molecule has 0 saturated carbocycles. The highest BCUT2D eigenvalue weighted by atomic mass is 32.2. The number of halogens is 2. The minimum atomic E-state index is -3.70. The van der Waals surface area contributed by atoms with E-state index in [0.29, 0.717) is 12.1 Å². The summed E-state index contributed by atoms with van der Waals surface area (Å²) >= 11 is 0. The van der Waals surface area contributed by atoms with Crippen molar-refractivity contribution in [3.8, 4) is 0 Å². The van der Waals surface area contributed by atoms with Crippen LogP contribution in [0.15, 0.2) is 24.3 Å². The molecular formula is C11H16F2N2O2S. The molecule has 1 aromatic carbocycles. The first-order valence-electron chi connectivity index (χ1n) is 5.41. The summed E-state index contributed by atoms with van der Waals surface area (Å²) in [4.78, 5) is 0. The van der Waals surface area contributed by atoms with Crippen molar-refractivity contribution in [2.24, 2.45) is 0 Å². The van der Waals surface area contributed by atoms with Gasteiger partial charge in [0, 0.05) is 6.54 Å². The maximum atomic E-state index is 11.9. The Balaban J connectivity index is 2.61. The molecule has 0 aliphatic rings. The Morgan fingerprint density at radius 1 is 1.17 bits per heavy atom. The molecule has 1 aromatic rings. The second-order valence-electron chi connectivity index (χ2n) is 3.85. The standard InChI is InChI=1S/C11H16F2N2O2S/c1-14-6-9-2-4-10(5-3-9)8-18(16,17)15-7-11(12)13/h2-5,11,14-15H,6-8H2,1H3. The summed E-state index contributed by atoms with van der Waals surface area (Å²) in [5.74, 6) is -0.292. The molecular weight excluding hydrogens is 262 g/mol. The zero-order valence-electron chi connectivity index (χ0n) is 9.99. The van der Waals surface area contributed by atoms with Crippen LogP contribution in [-0.4, -0.2) is 28.4 Å². The second kappa shape index (κ2) is 6.77. The third-order valence-corrected chi connectivity index (χ3v) is 3.54. The van der Waals surface area contributed by atoms with E-state index in [2.05, 4.69) is 5.32 Å². The number of hydrogen-bond donors (Lipinski definition) is 2. The Hall–Kier alpha value is -1.05. The van der Waals surface area contributed by atoms with E-state index in [9.17, 15) is 17.2 Å². The maximum Gasteiger partial charge on any atom is 0.251 e.